The zero-order valence-electron chi connectivity index (χ0n) is 22.4. The average Bonchev–Trinajstić information content (AvgIpc) is 2.89. The molecule has 1 fully saturated rings. The van der Waals surface area contributed by atoms with E-state index in [1.807, 2.05) is 6.07 Å². The van der Waals surface area contributed by atoms with E-state index in [9.17, 15) is 23.4 Å². The number of phenols is 1. The Labute approximate surface area is 234 Å². The fraction of sp³-hybridized carbons (Fsp3) is 0.345. The number of rotatable bonds is 9. The van der Waals surface area contributed by atoms with Crippen molar-refractivity contribution in [3.63, 3.8) is 0 Å². The number of nitrogens with zero attached hydrogens (tertiary/aromatic N) is 2. The van der Waals surface area contributed by atoms with Gasteiger partial charge in [-0.15, -0.1) is 11.8 Å². The summed E-state index contributed by atoms with van der Waals surface area (Å²) in [6.45, 7) is 8.16. The van der Waals surface area contributed by atoms with Crippen LogP contribution in [0.5, 0.6) is 5.75 Å². The smallest absolute Gasteiger partial charge is 0.337 e. The minimum atomic E-state index is -3.93. The molecule has 3 N–H and O–H groups in total. The van der Waals surface area contributed by atoms with E-state index in [0.717, 1.165) is 16.1 Å². The molecule has 4 rings (SSSR count). The van der Waals surface area contributed by atoms with E-state index in [4.69, 9.17) is 0 Å². The third kappa shape index (κ3) is 7.46. The standard InChI is InChI=1S/C29H35N3O5S2/c1-29(2,3)22-7-9-23(10-8-22)31-14-16-32(17-15-31)39(36,37)30-27-12-11-25(20-26(27)28(34)35)38-18-13-21-5-4-6-24(33)19-21/h4-12,19-20,30,33H,13-18H2,1-3H3,(H,34,35). The minimum Gasteiger partial charge on any atom is -0.508 e. The summed E-state index contributed by atoms with van der Waals surface area (Å²) in [5.74, 6) is -0.318. The summed E-state index contributed by atoms with van der Waals surface area (Å²) in [4.78, 5) is 14.8. The molecule has 1 aliphatic rings. The molecule has 208 valence electrons. The van der Waals surface area contributed by atoms with Crippen LogP contribution in [0.3, 0.4) is 0 Å². The molecule has 0 spiro atoms. The highest BCUT2D eigenvalue weighted by molar-refractivity contribution is 7.99. The van der Waals surface area contributed by atoms with Crippen LogP contribution in [0.4, 0.5) is 11.4 Å². The lowest BCUT2D eigenvalue weighted by Crippen LogP contribution is -2.50. The number of hydrogen-bond donors (Lipinski definition) is 3. The lowest BCUT2D eigenvalue weighted by atomic mass is 9.87. The van der Waals surface area contributed by atoms with Gasteiger partial charge >= 0.3 is 16.2 Å². The number of benzene rings is 3. The number of carbonyl (C=O) groups is 1. The zero-order valence-corrected chi connectivity index (χ0v) is 24.1. The molecule has 0 unspecified atom stereocenters. The number of aryl methyl sites for hydroxylation is 1. The summed E-state index contributed by atoms with van der Waals surface area (Å²) in [6.07, 6.45) is 0.697. The molecule has 1 saturated heterocycles. The molecule has 0 amide bonds. The van der Waals surface area contributed by atoms with Gasteiger partial charge in [-0.05, 0) is 65.4 Å². The first-order valence-corrected chi connectivity index (χ1v) is 15.3. The summed E-state index contributed by atoms with van der Waals surface area (Å²) in [6, 6.07) is 20.1. The van der Waals surface area contributed by atoms with Gasteiger partial charge in [-0.25, -0.2) is 4.79 Å². The number of phenolic OH excluding ortho intramolecular Hbond substituents is 1. The van der Waals surface area contributed by atoms with Crippen LogP contribution >= 0.6 is 11.8 Å². The normalized spacial score (nSPS) is 14.8. The number of aromatic carboxylic acids is 1. The maximum atomic E-state index is 13.1. The predicted molar refractivity (Wildman–Crippen MR) is 157 cm³/mol. The van der Waals surface area contributed by atoms with Crippen LogP contribution < -0.4 is 9.62 Å². The number of carboxylic acid groups (broad SMARTS) is 1. The number of hydrogen-bond acceptors (Lipinski definition) is 6. The molecule has 0 bridgehead atoms. The van der Waals surface area contributed by atoms with E-state index in [1.54, 1.807) is 24.3 Å². The number of thioether (sulfide) groups is 1. The van der Waals surface area contributed by atoms with Gasteiger partial charge in [0.25, 0.3) is 0 Å². The van der Waals surface area contributed by atoms with Gasteiger partial charge in [-0.3, -0.25) is 4.72 Å². The molecule has 0 radical (unpaired) electrons. The van der Waals surface area contributed by atoms with E-state index in [-0.39, 0.29) is 22.4 Å². The highest BCUT2D eigenvalue weighted by Gasteiger charge is 2.28. The SMILES string of the molecule is CC(C)(C)c1ccc(N2CCN(S(=O)(=O)Nc3ccc(SCCc4cccc(O)c4)cc3C(=O)O)CC2)cc1. The second kappa shape index (κ2) is 11.9. The molecule has 10 heteroatoms. The highest BCUT2D eigenvalue weighted by Crippen LogP contribution is 2.28. The second-order valence-corrected chi connectivity index (χ2v) is 13.4. The maximum absolute atomic E-state index is 13.1. The van der Waals surface area contributed by atoms with Gasteiger partial charge in [0.1, 0.15) is 5.75 Å². The van der Waals surface area contributed by atoms with Crippen LogP contribution in [-0.4, -0.2) is 60.8 Å². The molecule has 1 heterocycles. The third-order valence-corrected chi connectivity index (χ3v) is 9.23. The van der Waals surface area contributed by atoms with Crippen molar-refractivity contribution in [1.29, 1.82) is 0 Å². The Kier molecular flexibility index (Phi) is 8.78. The van der Waals surface area contributed by atoms with Crippen molar-refractivity contribution in [2.75, 3.05) is 41.6 Å². The molecule has 0 atom stereocenters. The molecule has 0 aliphatic carbocycles. The Morgan fingerprint density at radius 1 is 0.974 bits per heavy atom. The van der Waals surface area contributed by atoms with E-state index in [2.05, 4.69) is 54.7 Å². The zero-order chi connectivity index (χ0) is 28.2. The van der Waals surface area contributed by atoms with Gasteiger partial charge in [0.05, 0.1) is 11.3 Å². The van der Waals surface area contributed by atoms with Gasteiger partial charge in [-0.1, -0.05) is 45.0 Å². The lowest BCUT2D eigenvalue weighted by Gasteiger charge is -2.35. The molecular formula is C29H35N3O5S2. The van der Waals surface area contributed by atoms with Crippen LogP contribution in [0, 0.1) is 0 Å². The quantitative estimate of drug-likeness (QED) is 0.304. The van der Waals surface area contributed by atoms with Gasteiger partial charge in [0.2, 0.25) is 0 Å². The monoisotopic (exact) mass is 569 g/mol. The molecular weight excluding hydrogens is 534 g/mol. The summed E-state index contributed by atoms with van der Waals surface area (Å²) in [5, 5.41) is 19.4. The summed E-state index contributed by atoms with van der Waals surface area (Å²) in [7, 11) is -3.93. The van der Waals surface area contributed by atoms with E-state index >= 15 is 0 Å². The van der Waals surface area contributed by atoms with Crippen LogP contribution in [0.2, 0.25) is 0 Å². The fourth-order valence-electron chi connectivity index (χ4n) is 4.44. The summed E-state index contributed by atoms with van der Waals surface area (Å²) >= 11 is 1.47. The van der Waals surface area contributed by atoms with Gasteiger partial charge in [0, 0.05) is 42.5 Å². The minimum absolute atomic E-state index is 0.0417. The number of piperazine rings is 1. The van der Waals surface area contributed by atoms with E-state index in [1.165, 1.54) is 33.8 Å². The van der Waals surface area contributed by atoms with Crippen LogP contribution in [-0.2, 0) is 22.0 Å². The van der Waals surface area contributed by atoms with Crippen molar-refractivity contribution in [3.8, 4) is 5.75 Å². The summed E-state index contributed by atoms with van der Waals surface area (Å²) < 4.78 is 30.1. The number of nitrogens with one attached hydrogen (secondary N) is 1. The highest BCUT2D eigenvalue weighted by atomic mass is 32.2. The predicted octanol–water partition coefficient (Wildman–Crippen LogP) is 5.20. The Balaban J connectivity index is 1.37. The van der Waals surface area contributed by atoms with Crippen molar-refractivity contribution in [3.05, 3.63) is 83.4 Å². The Bertz CT molecular complexity index is 1410. The largest absolute Gasteiger partial charge is 0.508 e. The first kappa shape index (κ1) is 28.8. The van der Waals surface area contributed by atoms with Gasteiger partial charge in [0.15, 0.2) is 0 Å². The Morgan fingerprint density at radius 2 is 1.67 bits per heavy atom. The van der Waals surface area contributed by atoms with Crippen LogP contribution in [0.25, 0.3) is 0 Å². The van der Waals surface area contributed by atoms with Crippen molar-refractivity contribution < 1.29 is 23.4 Å². The molecule has 39 heavy (non-hydrogen) atoms. The number of anilines is 2. The van der Waals surface area contributed by atoms with Crippen molar-refractivity contribution in [2.24, 2.45) is 0 Å². The van der Waals surface area contributed by atoms with Crippen LogP contribution in [0.15, 0.2) is 71.6 Å². The Morgan fingerprint density at radius 3 is 2.28 bits per heavy atom. The van der Waals surface area contributed by atoms with Crippen LogP contribution in [0.1, 0.15) is 42.3 Å². The molecule has 0 aromatic heterocycles. The van der Waals surface area contributed by atoms with Crippen molar-refractivity contribution in [2.45, 2.75) is 37.5 Å². The topological polar surface area (TPSA) is 110 Å². The second-order valence-electron chi connectivity index (χ2n) is 10.6. The van der Waals surface area contributed by atoms with Crippen molar-refractivity contribution >= 4 is 39.3 Å². The molecule has 3 aromatic rings. The molecule has 1 aliphatic heterocycles. The third-order valence-electron chi connectivity index (χ3n) is 6.71. The summed E-state index contributed by atoms with van der Waals surface area (Å²) in [5.41, 5.74) is 3.28. The maximum Gasteiger partial charge on any atom is 0.337 e. The first-order valence-electron chi connectivity index (χ1n) is 12.8. The molecule has 0 saturated carbocycles. The van der Waals surface area contributed by atoms with Gasteiger partial charge in [-0.2, -0.15) is 12.7 Å². The Hall–Kier alpha value is -3.21. The number of carboxylic acids is 1. The van der Waals surface area contributed by atoms with E-state index < -0.39 is 16.2 Å². The van der Waals surface area contributed by atoms with E-state index in [0.29, 0.717) is 38.4 Å². The lowest BCUT2D eigenvalue weighted by molar-refractivity contribution is 0.0697. The van der Waals surface area contributed by atoms with Gasteiger partial charge < -0.3 is 15.1 Å². The molecule has 8 nitrogen and oxygen atoms in total. The molecule has 3 aromatic carbocycles. The fourth-order valence-corrected chi connectivity index (χ4v) is 6.61. The average molecular weight is 570 g/mol. The van der Waals surface area contributed by atoms with Crippen molar-refractivity contribution in [1.82, 2.24) is 4.31 Å². The first-order chi connectivity index (χ1) is 18.4. The number of aromatic hydroxyl groups is 1.